The van der Waals surface area contributed by atoms with Crippen LogP contribution in [0, 0.1) is 22.2 Å². The van der Waals surface area contributed by atoms with E-state index in [1.54, 1.807) is 5.57 Å². The minimum Gasteiger partial charge on any atom is -0.291 e. The number of halogens is 1. The molecule has 0 saturated carbocycles. The Morgan fingerprint density at radius 2 is 1.58 bits per heavy atom. The Morgan fingerprint density at radius 1 is 1.00 bits per heavy atom. The first-order valence-electron chi connectivity index (χ1n) is 9.87. The first kappa shape index (κ1) is 20.2. The molecule has 3 aliphatic rings. The summed E-state index contributed by atoms with van der Waals surface area (Å²) in [6, 6.07) is 0. The Labute approximate surface area is 166 Å². The van der Waals surface area contributed by atoms with Crippen LogP contribution >= 0.6 is 11.6 Å². The number of hydrogen-bond acceptors (Lipinski definition) is 2. The smallest absolute Gasteiger partial charge is 0.0835 e. The highest BCUT2D eigenvalue weighted by molar-refractivity contribution is 6.18. The normalized spacial score (nSPS) is 47.5. The van der Waals surface area contributed by atoms with E-state index in [9.17, 15) is 0 Å². The highest BCUT2D eigenvalue weighted by Crippen LogP contribution is 2.68. The average molecular weight is 377 g/mol. The van der Waals surface area contributed by atoms with Crippen LogP contribution in [-0.4, -0.2) is 48.0 Å². The first-order chi connectivity index (χ1) is 11.7. The molecule has 1 heterocycles. The van der Waals surface area contributed by atoms with Gasteiger partial charge in [0.25, 0.3) is 0 Å². The topological polar surface area (TPSA) is 6.48 Å². The summed E-state index contributed by atoms with van der Waals surface area (Å²) in [6.07, 6.45) is 9.75. The quantitative estimate of drug-likeness (QED) is 0.475. The van der Waals surface area contributed by atoms with Crippen molar-refractivity contribution in [1.29, 1.82) is 0 Å². The fraction of sp³-hybridized carbons (Fsp3) is 0.739. The van der Waals surface area contributed by atoms with Crippen LogP contribution in [0.2, 0.25) is 0 Å². The lowest BCUT2D eigenvalue weighted by Gasteiger charge is -2.72. The number of rotatable bonds is 2. The van der Waals surface area contributed by atoms with Crippen LogP contribution in [0.1, 0.15) is 48.5 Å². The Kier molecular flexibility index (Phi) is 4.26. The maximum Gasteiger partial charge on any atom is 0.0835 e. The second kappa shape index (κ2) is 5.49. The molecule has 26 heavy (non-hydrogen) atoms. The van der Waals surface area contributed by atoms with Crippen LogP contribution in [0.4, 0.5) is 0 Å². The Bertz CT molecular complexity index is 718. The van der Waals surface area contributed by atoms with Crippen molar-refractivity contribution in [3.8, 4) is 0 Å². The third kappa shape index (κ3) is 1.97. The molecule has 0 N–H and O–H groups in total. The zero-order chi connectivity index (χ0) is 19.9. The van der Waals surface area contributed by atoms with Crippen molar-refractivity contribution in [1.82, 2.24) is 9.80 Å². The Balaban J connectivity index is 2.46. The van der Waals surface area contributed by atoms with E-state index in [1.807, 2.05) is 0 Å². The number of alkyl halides is 1. The minimum absolute atomic E-state index is 0.0266. The molecule has 5 atom stereocenters. The molecule has 0 aromatic rings. The molecule has 0 aromatic carbocycles. The molecule has 1 aliphatic heterocycles. The Morgan fingerprint density at radius 3 is 2.08 bits per heavy atom. The van der Waals surface area contributed by atoms with Gasteiger partial charge in [-0.05, 0) is 60.3 Å². The molecule has 0 aromatic heterocycles. The second-order valence-electron chi connectivity index (χ2n) is 10.3. The van der Waals surface area contributed by atoms with Gasteiger partial charge in [0.15, 0.2) is 0 Å². The summed E-state index contributed by atoms with van der Waals surface area (Å²) in [5, 5.41) is 0. The predicted octanol–water partition coefficient (Wildman–Crippen LogP) is 5.32. The van der Waals surface area contributed by atoms with Crippen LogP contribution in [0.25, 0.3) is 0 Å². The van der Waals surface area contributed by atoms with Crippen molar-refractivity contribution in [3.05, 3.63) is 35.5 Å². The molecule has 2 nitrogen and oxygen atoms in total. The van der Waals surface area contributed by atoms with E-state index >= 15 is 0 Å². The third-order valence-electron chi connectivity index (χ3n) is 8.78. The summed E-state index contributed by atoms with van der Waals surface area (Å²) in [6.45, 7) is 16.7. The third-order valence-corrected chi connectivity index (χ3v) is 9.33. The van der Waals surface area contributed by atoms with Gasteiger partial charge in [-0.25, -0.2) is 0 Å². The lowest BCUT2D eigenvalue weighted by Crippen LogP contribution is -2.77. The molecule has 1 fully saturated rings. The van der Waals surface area contributed by atoms with Crippen LogP contribution < -0.4 is 0 Å². The largest absolute Gasteiger partial charge is 0.291 e. The molecule has 3 rings (SSSR count). The highest BCUT2D eigenvalue weighted by atomic mass is 35.5. The van der Waals surface area contributed by atoms with Crippen molar-refractivity contribution >= 4 is 11.6 Å². The summed E-state index contributed by atoms with van der Waals surface area (Å²) in [4.78, 5) is 4.99. The Hall–Kier alpha value is -0.570. The fourth-order valence-corrected chi connectivity index (χ4v) is 6.43. The van der Waals surface area contributed by atoms with Crippen LogP contribution in [0.3, 0.4) is 0 Å². The van der Waals surface area contributed by atoms with Crippen molar-refractivity contribution in [2.24, 2.45) is 22.2 Å². The van der Waals surface area contributed by atoms with Gasteiger partial charge in [0.1, 0.15) is 0 Å². The van der Waals surface area contributed by atoms with E-state index in [2.05, 4.69) is 104 Å². The predicted molar refractivity (Wildman–Crippen MR) is 113 cm³/mol. The number of nitrogens with zero attached hydrogens (tertiary/aromatic N) is 2. The van der Waals surface area contributed by atoms with Crippen molar-refractivity contribution in [3.63, 3.8) is 0 Å². The van der Waals surface area contributed by atoms with Gasteiger partial charge in [0.2, 0.25) is 0 Å². The molecule has 2 aliphatic carbocycles. The first-order valence-corrected chi connectivity index (χ1v) is 10.4. The van der Waals surface area contributed by atoms with Crippen molar-refractivity contribution in [2.45, 2.75) is 59.7 Å². The fourth-order valence-electron chi connectivity index (χ4n) is 6.20. The summed E-state index contributed by atoms with van der Waals surface area (Å²) in [5.74, 6) is 1.04. The van der Waals surface area contributed by atoms with E-state index < -0.39 is 0 Å². The lowest BCUT2D eigenvalue weighted by molar-refractivity contribution is -0.168. The number of likely N-dealkylation sites (tertiary alicyclic amines) is 1. The molecule has 5 unspecified atom stereocenters. The molecular weight excluding hydrogens is 340 g/mol. The average Bonchev–Trinajstić information content (AvgIpc) is 2.57. The SMILES string of the molecule is CC1C=CC2(C)C3=C1C(C)(CCl)C=CC3(C)C(C)(C)N(C)C2(C)N(C)C. The van der Waals surface area contributed by atoms with Crippen LogP contribution in [-0.2, 0) is 0 Å². The van der Waals surface area contributed by atoms with E-state index in [-0.39, 0.29) is 27.4 Å². The molecule has 146 valence electrons. The van der Waals surface area contributed by atoms with Gasteiger partial charge >= 0.3 is 0 Å². The zero-order valence-electron chi connectivity index (χ0n) is 18.4. The van der Waals surface area contributed by atoms with Gasteiger partial charge in [-0.15, -0.1) is 11.6 Å². The van der Waals surface area contributed by atoms with Gasteiger partial charge < -0.3 is 0 Å². The van der Waals surface area contributed by atoms with E-state index in [1.165, 1.54) is 5.57 Å². The van der Waals surface area contributed by atoms with Crippen molar-refractivity contribution in [2.75, 3.05) is 27.0 Å². The van der Waals surface area contributed by atoms with E-state index in [0.717, 1.165) is 0 Å². The molecule has 0 spiro atoms. The highest BCUT2D eigenvalue weighted by Gasteiger charge is 2.68. The summed E-state index contributed by atoms with van der Waals surface area (Å²) >= 11 is 6.56. The summed E-state index contributed by atoms with van der Waals surface area (Å²) in [7, 11) is 6.72. The van der Waals surface area contributed by atoms with Gasteiger partial charge in [0, 0.05) is 27.7 Å². The second-order valence-corrected chi connectivity index (χ2v) is 10.5. The van der Waals surface area contributed by atoms with Crippen LogP contribution in [0.5, 0.6) is 0 Å². The van der Waals surface area contributed by atoms with Gasteiger partial charge in [0.05, 0.1) is 5.66 Å². The van der Waals surface area contributed by atoms with Gasteiger partial charge in [-0.3, -0.25) is 9.80 Å². The minimum atomic E-state index is -0.133. The van der Waals surface area contributed by atoms with Crippen molar-refractivity contribution < 1.29 is 0 Å². The zero-order valence-corrected chi connectivity index (χ0v) is 19.1. The van der Waals surface area contributed by atoms with E-state index in [0.29, 0.717) is 11.8 Å². The monoisotopic (exact) mass is 376 g/mol. The summed E-state index contributed by atoms with van der Waals surface area (Å²) < 4.78 is 0. The number of piperidine rings is 1. The molecule has 0 amide bonds. The molecular formula is C23H37ClN2. The summed E-state index contributed by atoms with van der Waals surface area (Å²) in [5.41, 5.74) is 2.76. The van der Waals surface area contributed by atoms with Gasteiger partial charge in [-0.1, -0.05) is 50.6 Å². The van der Waals surface area contributed by atoms with Gasteiger partial charge in [-0.2, -0.15) is 0 Å². The lowest BCUT2D eigenvalue weighted by atomic mass is 9.45. The number of hydrogen-bond donors (Lipinski definition) is 0. The van der Waals surface area contributed by atoms with Crippen LogP contribution in [0.15, 0.2) is 35.5 Å². The molecule has 1 saturated heterocycles. The molecule has 0 bridgehead atoms. The molecule has 3 heteroatoms. The number of allylic oxidation sites excluding steroid dienone is 3. The maximum atomic E-state index is 6.56. The molecule has 0 radical (unpaired) electrons. The van der Waals surface area contributed by atoms with E-state index in [4.69, 9.17) is 11.6 Å². The maximum absolute atomic E-state index is 6.56. The standard InChI is InChI=1S/C23H37ClN2/c1-16-11-12-22(6)18-17(16)20(4,15-24)13-14-21(18,5)19(2,3)26(10)23(22,7)25(8)9/h11-14,16H,15H2,1-10H3.